The van der Waals surface area contributed by atoms with Crippen molar-refractivity contribution < 1.29 is 13.2 Å². The van der Waals surface area contributed by atoms with E-state index in [1.54, 1.807) is 0 Å². The molecule has 1 rings (SSSR count). The average molecular weight is 244 g/mol. The number of carbonyl (C=O) groups is 1. The molecule has 0 atom stereocenters. The lowest BCUT2D eigenvalue weighted by Gasteiger charge is -2.05. The summed E-state index contributed by atoms with van der Waals surface area (Å²) in [6.07, 6.45) is 1.09. The second kappa shape index (κ2) is 4.90. The molecule has 0 fully saturated rings. The molecular formula is C8H12N4O3S. The Morgan fingerprint density at radius 1 is 1.44 bits per heavy atom. The number of rotatable bonds is 5. The first-order valence-corrected chi connectivity index (χ1v) is 5.89. The maximum absolute atomic E-state index is 11.6. The number of nitrogens with two attached hydrogens (primary N) is 2. The van der Waals surface area contributed by atoms with Crippen molar-refractivity contribution in [3.8, 4) is 0 Å². The van der Waals surface area contributed by atoms with Crippen LogP contribution in [0.3, 0.4) is 0 Å². The summed E-state index contributed by atoms with van der Waals surface area (Å²) in [6, 6.07) is 2.71. The summed E-state index contributed by atoms with van der Waals surface area (Å²) < 4.78 is 25.4. The zero-order valence-electron chi connectivity index (χ0n) is 8.38. The fourth-order valence-electron chi connectivity index (χ4n) is 0.943. The lowest BCUT2D eigenvalue weighted by atomic mass is 10.4. The Labute approximate surface area is 92.9 Å². The molecule has 0 spiro atoms. The molecule has 7 nitrogen and oxygen atoms in total. The van der Waals surface area contributed by atoms with Gasteiger partial charge >= 0.3 is 0 Å². The van der Waals surface area contributed by atoms with Crippen LogP contribution in [0.4, 0.5) is 5.82 Å². The first-order chi connectivity index (χ1) is 7.42. The van der Waals surface area contributed by atoms with E-state index < -0.39 is 15.9 Å². The molecule has 0 aliphatic carbocycles. The van der Waals surface area contributed by atoms with Gasteiger partial charge in [0.15, 0.2) is 0 Å². The van der Waals surface area contributed by atoms with Crippen LogP contribution in [0.2, 0.25) is 0 Å². The number of sulfonamides is 1. The summed E-state index contributed by atoms with van der Waals surface area (Å²) in [4.78, 5) is 14.1. The molecule has 0 saturated carbocycles. The third kappa shape index (κ3) is 3.48. The number of hydrogen-bond acceptors (Lipinski definition) is 5. The number of nitrogen functional groups attached to an aromatic ring is 1. The highest BCUT2D eigenvalue weighted by atomic mass is 32.2. The third-order valence-corrected chi connectivity index (χ3v) is 3.18. The number of anilines is 1. The van der Waals surface area contributed by atoms with Crippen molar-refractivity contribution >= 4 is 21.7 Å². The minimum absolute atomic E-state index is 0.00818. The van der Waals surface area contributed by atoms with Gasteiger partial charge in [0.25, 0.3) is 0 Å². The van der Waals surface area contributed by atoms with Gasteiger partial charge in [-0.05, 0) is 12.1 Å². The van der Waals surface area contributed by atoms with Crippen LogP contribution in [0.1, 0.15) is 6.42 Å². The minimum atomic E-state index is -3.65. The van der Waals surface area contributed by atoms with E-state index in [1.165, 1.54) is 12.1 Å². The highest BCUT2D eigenvalue weighted by Crippen LogP contribution is 2.07. The smallest absolute Gasteiger partial charge is 0.242 e. The molecule has 1 aromatic heterocycles. The maximum atomic E-state index is 11.6. The van der Waals surface area contributed by atoms with E-state index >= 15 is 0 Å². The van der Waals surface area contributed by atoms with Gasteiger partial charge in [-0.25, -0.2) is 18.1 Å². The molecule has 0 bridgehead atoms. The fourth-order valence-corrected chi connectivity index (χ4v) is 1.92. The first kappa shape index (κ1) is 12.4. The topological polar surface area (TPSA) is 128 Å². The van der Waals surface area contributed by atoms with E-state index in [0.717, 1.165) is 6.20 Å². The zero-order valence-corrected chi connectivity index (χ0v) is 9.20. The van der Waals surface area contributed by atoms with Crippen LogP contribution >= 0.6 is 0 Å². The Balaban J connectivity index is 2.71. The second-order valence-corrected chi connectivity index (χ2v) is 4.80. The van der Waals surface area contributed by atoms with Gasteiger partial charge in [0.2, 0.25) is 15.9 Å². The molecule has 8 heteroatoms. The molecule has 88 valence electrons. The summed E-state index contributed by atoms with van der Waals surface area (Å²) >= 11 is 0. The summed E-state index contributed by atoms with van der Waals surface area (Å²) in [7, 11) is -3.65. The van der Waals surface area contributed by atoms with Gasteiger partial charge in [0, 0.05) is 19.2 Å². The second-order valence-electron chi connectivity index (χ2n) is 3.03. The molecule has 0 aliphatic heterocycles. The molecule has 0 saturated heterocycles. The van der Waals surface area contributed by atoms with Gasteiger partial charge in [-0.3, -0.25) is 4.79 Å². The quantitative estimate of drug-likeness (QED) is 0.600. The van der Waals surface area contributed by atoms with Crippen molar-refractivity contribution in [1.29, 1.82) is 0 Å². The lowest BCUT2D eigenvalue weighted by Crippen LogP contribution is -2.28. The van der Waals surface area contributed by atoms with Gasteiger partial charge < -0.3 is 11.5 Å². The van der Waals surface area contributed by atoms with E-state index in [-0.39, 0.29) is 23.7 Å². The summed E-state index contributed by atoms with van der Waals surface area (Å²) in [6.45, 7) is -0.0396. The number of pyridine rings is 1. The number of amides is 1. The number of hydrogen-bond donors (Lipinski definition) is 3. The van der Waals surface area contributed by atoms with Gasteiger partial charge in [-0.1, -0.05) is 0 Å². The van der Waals surface area contributed by atoms with Crippen LogP contribution < -0.4 is 16.2 Å². The van der Waals surface area contributed by atoms with Gasteiger partial charge in [0.05, 0.1) is 0 Å². The average Bonchev–Trinajstić information content (AvgIpc) is 2.17. The zero-order chi connectivity index (χ0) is 12.2. The number of carbonyl (C=O) groups excluding carboxylic acids is 1. The highest BCUT2D eigenvalue weighted by molar-refractivity contribution is 7.89. The molecule has 0 unspecified atom stereocenters. The van der Waals surface area contributed by atoms with Crippen molar-refractivity contribution in [2.24, 2.45) is 5.73 Å². The Hall–Kier alpha value is -1.67. The number of nitrogens with zero attached hydrogens (tertiary/aromatic N) is 1. The molecule has 0 aromatic carbocycles. The SMILES string of the molecule is NC(=O)CCNS(=O)(=O)c1ccc(N)nc1. The first-order valence-electron chi connectivity index (χ1n) is 4.41. The van der Waals surface area contributed by atoms with E-state index in [0.29, 0.717) is 0 Å². The summed E-state index contributed by atoms with van der Waals surface area (Å²) in [5.74, 6) is -0.339. The highest BCUT2D eigenvalue weighted by Gasteiger charge is 2.13. The Kier molecular flexibility index (Phi) is 3.80. The van der Waals surface area contributed by atoms with Crippen molar-refractivity contribution in [3.63, 3.8) is 0 Å². The molecule has 1 aromatic rings. The molecule has 1 heterocycles. The van der Waals surface area contributed by atoms with Gasteiger partial charge in [-0.15, -0.1) is 0 Å². The molecule has 1 amide bonds. The summed E-state index contributed by atoms with van der Waals surface area (Å²) in [5.41, 5.74) is 10.2. The van der Waals surface area contributed by atoms with Crippen LogP contribution in [0.15, 0.2) is 23.2 Å². The van der Waals surface area contributed by atoms with Crippen LogP contribution in [0.25, 0.3) is 0 Å². The third-order valence-electron chi connectivity index (χ3n) is 1.73. The predicted molar refractivity (Wildman–Crippen MR) is 57.6 cm³/mol. The predicted octanol–water partition coefficient (Wildman–Crippen LogP) is -1.18. The molecular weight excluding hydrogens is 232 g/mol. The van der Waals surface area contributed by atoms with Crippen molar-refractivity contribution in [3.05, 3.63) is 18.3 Å². The molecule has 0 aliphatic rings. The van der Waals surface area contributed by atoms with Crippen LogP contribution in [0, 0.1) is 0 Å². The maximum Gasteiger partial charge on any atom is 0.242 e. The Bertz CT molecular complexity index is 469. The normalized spacial score (nSPS) is 11.2. The van der Waals surface area contributed by atoms with E-state index in [9.17, 15) is 13.2 Å². The fraction of sp³-hybridized carbons (Fsp3) is 0.250. The van der Waals surface area contributed by atoms with Crippen molar-refractivity contribution in [2.45, 2.75) is 11.3 Å². The minimum Gasteiger partial charge on any atom is -0.384 e. The number of aromatic nitrogens is 1. The van der Waals surface area contributed by atoms with Crippen molar-refractivity contribution in [1.82, 2.24) is 9.71 Å². The van der Waals surface area contributed by atoms with E-state index in [4.69, 9.17) is 11.5 Å². The van der Waals surface area contributed by atoms with Gasteiger partial charge in [0.1, 0.15) is 10.7 Å². The standard InChI is InChI=1S/C8H12N4O3S/c9-7-2-1-6(5-11-7)16(14,15)12-4-3-8(10)13/h1-2,5,12H,3-4H2,(H2,9,11)(H2,10,13). The van der Waals surface area contributed by atoms with E-state index in [2.05, 4.69) is 9.71 Å². The largest absolute Gasteiger partial charge is 0.384 e. The van der Waals surface area contributed by atoms with Crippen LogP contribution in [-0.2, 0) is 14.8 Å². The van der Waals surface area contributed by atoms with Gasteiger partial charge in [-0.2, -0.15) is 0 Å². The van der Waals surface area contributed by atoms with Crippen molar-refractivity contribution in [2.75, 3.05) is 12.3 Å². The number of primary amides is 1. The molecule has 5 N–H and O–H groups in total. The molecule has 0 radical (unpaired) electrons. The molecule has 16 heavy (non-hydrogen) atoms. The monoisotopic (exact) mass is 244 g/mol. The Morgan fingerprint density at radius 2 is 2.12 bits per heavy atom. The summed E-state index contributed by atoms with van der Waals surface area (Å²) in [5, 5.41) is 0. The van der Waals surface area contributed by atoms with Crippen LogP contribution in [0.5, 0.6) is 0 Å². The van der Waals surface area contributed by atoms with E-state index in [1.807, 2.05) is 0 Å². The Morgan fingerprint density at radius 3 is 2.62 bits per heavy atom. The van der Waals surface area contributed by atoms with Crippen LogP contribution in [-0.4, -0.2) is 25.9 Å². The number of nitrogens with one attached hydrogen (secondary N) is 1. The lowest BCUT2D eigenvalue weighted by molar-refractivity contribution is -0.117.